The van der Waals surface area contributed by atoms with Crippen molar-refractivity contribution in [3.8, 4) is 22.5 Å². The van der Waals surface area contributed by atoms with E-state index in [0.29, 0.717) is 0 Å². The lowest BCUT2D eigenvalue weighted by Crippen LogP contribution is -1.94. The van der Waals surface area contributed by atoms with Crippen molar-refractivity contribution in [2.45, 2.75) is 0 Å². The lowest BCUT2D eigenvalue weighted by atomic mass is 9.99. The van der Waals surface area contributed by atoms with Gasteiger partial charge in [-0.1, -0.05) is 103 Å². The Kier molecular flexibility index (Phi) is 5.00. The zero-order valence-electron chi connectivity index (χ0n) is 24.3. The summed E-state index contributed by atoms with van der Waals surface area (Å²) in [6.07, 6.45) is 0. The van der Waals surface area contributed by atoms with E-state index >= 15 is 0 Å². The number of rotatable bonds is 3. The molecule has 0 N–H and O–H groups in total. The second-order valence-electron chi connectivity index (χ2n) is 11.8. The zero-order valence-corrected chi connectivity index (χ0v) is 24.3. The molecule has 0 aliphatic carbocycles. The molecule has 3 heterocycles. The first kappa shape index (κ1) is 24.4. The Morgan fingerprint density at radius 2 is 1.00 bits per heavy atom. The number of nitrogens with zero attached hydrogens (tertiary/aromatic N) is 2. The quantitative estimate of drug-likeness (QED) is 0.206. The first-order valence-corrected chi connectivity index (χ1v) is 15.4. The van der Waals surface area contributed by atoms with Crippen molar-refractivity contribution in [3.05, 3.63) is 158 Å². The van der Waals surface area contributed by atoms with E-state index in [2.05, 4.69) is 155 Å². The Hall–Kier alpha value is -6.06. The summed E-state index contributed by atoms with van der Waals surface area (Å²) in [7, 11) is 0. The summed E-state index contributed by atoms with van der Waals surface area (Å²) in [4.78, 5) is 0. The summed E-state index contributed by atoms with van der Waals surface area (Å²) in [5.41, 5.74) is 10.0. The fraction of sp³-hybridized carbons (Fsp3) is 0. The maximum Gasteiger partial charge on any atom is 0.213 e. The third kappa shape index (κ3) is 3.52. The standard InChI is InChI=1S/C42H26N2O/c1-2-10-31(11-3-1)44-39-26-30(21-23-35(39)41-36-14-6-9-17-40(36)45-42(41)44)27-18-19-29-25-32(22-20-28(29)24-27)43-37-15-7-4-12-33(37)34-13-5-8-16-38(34)43/h1-26H. The molecule has 3 aromatic heterocycles. The Balaban J connectivity index is 1.14. The highest BCUT2D eigenvalue weighted by Gasteiger charge is 2.20. The molecule has 0 radical (unpaired) electrons. The van der Waals surface area contributed by atoms with E-state index in [1.54, 1.807) is 0 Å². The molecular formula is C42H26N2O. The molecule has 0 unspecified atom stereocenters. The zero-order chi connectivity index (χ0) is 29.5. The van der Waals surface area contributed by atoms with Crippen molar-refractivity contribution in [3.63, 3.8) is 0 Å². The van der Waals surface area contributed by atoms with Crippen LogP contribution in [0, 0.1) is 0 Å². The minimum atomic E-state index is 0.880. The maximum absolute atomic E-state index is 6.48. The van der Waals surface area contributed by atoms with Crippen LogP contribution in [0.15, 0.2) is 162 Å². The second kappa shape index (κ2) is 9.22. The number of hydrogen-bond donors (Lipinski definition) is 0. The van der Waals surface area contributed by atoms with Gasteiger partial charge >= 0.3 is 0 Å². The van der Waals surface area contributed by atoms with E-state index in [-0.39, 0.29) is 0 Å². The number of fused-ring (bicyclic) bond motifs is 9. The monoisotopic (exact) mass is 574 g/mol. The van der Waals surface area contributed by atoms with Gasteiger partial charge in [-0.2, -0.15) is 0 Å². The normalized spacial score (nSPS) is 12.0. The van der Waals surface area contributed by atoms with Gasteiger partial charge in [-0.25, -0.2) is 0 Å². The number of hydrogen-bond acceptors (Lipinski definition) is 1. The number of para-hydroxylation sites is 4. The molecule has 0 saturated heterocycles. The molecule has 3 nitrogen and oxygen atoms in total. The van der Waals surface area contributed by atoms with Crippen LogP contribution < -0.4 is 0 Å². The average molecular weight is 575 g/mol. The summed E-state index contributed by atoms with van der Waals surface area (Å²) < 4.78 is 11.1. The van der Waals surface area contributed by atoms with E-state index < -0.39 is 0 Å². The molecule has 3 heteroatoms. The Labute approximate surface area is 258 Å². The highest BCUT2D eigenvalue weighted by atomic mass is 16.3. The lowest BCUT2D eigenvalue weighted by molar-refractivity contribution is 0.645. The summed E-state index contributed by atoms with van der Waals surface area (Å²) in [5, 5.41) is 8.49. The predicted octanol–water partition coefficient (Wildman–Crippen LogP) is 11.4. The maximum atomic E-state index is 6.48. The summed E-state index contributed by atoms with van der Waals surface area (Å²) in [6, 6.07) is 56.6. The van der Waals surface area contributed by atoms with Gasteiger partial charge < -0.3 is 8.98 Å². The van der Waals surface area contributed by atoms with Gasteiger partial charge in [0.1, 0.15) is 5.58 Å². The highest BCUT2D eigenvalue weighted by Crippen LogP contribution is 2.41. The van der Waals surface area contributed by atoms with Crippen molar-refractivity contribution in [1.82, 2.24) is 9.13 Å². The van der Waals surface area contributed by atoms with Gasteiger partial charge in [-0.05, 0) is 76.5 Å². The van der Waals surface area contributed by atoms with Crippen LogP contribution in [0.3, 0.4) is 0 Å². The molecule has 10 aromatic rings. The van der Waals surface area contributed by atoms with Crippen molar-refractivity contribution < 1.29 is 4.42 Å². The molecular weight excluding hydrogens is 548 g/mol. The fourth-order valence-corrected chi connectivity index (χ4v) is 7.25. The topological polar surface area (TPSA) is 23.0 Å². The molecule has 0 aliphatic rings. The fourth-order valence-electron chi connectivity index (χ4n) is 7.25. The van der Waals surface area contributed by atoms with Gasteiger partial charge in [0.25, 0.3) is 0 Å². The Bertz CT molecular complexity index is 2710. The average Bonchev–Trinajstić information content (AvgIpc) is 3.75. The van der Waals surface area contributed by atoms with E-state index in [9.17, 15) is 0 Å². The minimum absolute atomic E-state index is 0.880. The molecule has 210 valence electrons. The molecule has 10 rings (SSSR count). The molecule has 0 atom stereocenters. The molecule has 0 aliphatic heterocycles. The smallest absolute Gasteiger partial charge is 0.213 e. The van der Waals surface area contributed by atoms with E-state index in [1.807, 2.05) is 12.1 Å². The summed E-state index contributed by atoms with van der Waals surface area (Å²) >= 11 is 0. The van der Waals surface area contributed by atoms with Gasteiger partial charge in [-0.3, -0.25) is 4.57 Å². The second-order valence-corrected chi connectivity index (χ2v) is 11.8. The Morgan fingerprint density at radius 1 is 0.378 bits per heavy atom. The van der Waals surface area contributed by atoms with E-state index in [0.717, 1.165) is 33.3 Å². The molecule has 0 bridgehead atoms. The van der Waals surface area contributed by atoms with Gasteiger partial charge in [0.2, 0.25) is 5.71 Å². The lowest BCUT2D eigenvalue weighted by Gasteiger charge is -2.11. The van der Waals surface area contributed by atoms with Gasteiger partial charge in [0.15, 0.2) is 0 Å². The Morgan fingerprint density at radius 3 is 1.80 bits per heavy atom. The molecule has 0 saturated carbocycles. The van der Waals surface area contributed by atoms with Crippen LogP contribution in [0.2, 0.25) is 0 Å². The highest BCUT2D eigenvalue weighted by molar-refractivity contribution is 6.20. The number of benzene rings is 7. The van der Waals surface area contributed by atoms with E-state index in [4.69, 9.17) is 4.42 Å². The van der Waals surface area contributed by atoms with E-state index in [1.165, 1.54) is 54.8 Å². The molecule has 0 fully saturated rings. The van der Waals surface area contributed by atoms with Crippen LogP contribution in [0.1, 0.15) is 0 Å². The van der Waals surface area contributed by atoms with Crippen LogP contribution in [0.5, 0.6) is 0 Å². The predicted molar refractivity (Wildman–Crippen MR) is 188 cm³/mol. The third-order valence-electron chi connectivity index (χ3n) is 9.30. The van der Waals surface area contributed by atoms with Crippen molar-refractivity contribution in [2.24, 2.45) is 0 Å². The first-order chi connectivity index (χ1) is 22.3. The van der Waals surface area contributed by atoms with Crippen LogP contribution in [-0.4, -0.2) is 9.13 Å². The van der Waals surface area contributed by atoms with Gasteiger partial charge in [0.05, 0.1) is 21.9 Å². The van der Waals surface area contributed by atoms with Crippen molar-refractivity contribution in [1.29, 1.82) is 0 Å². The van der Waals surface area contributed by atoms with Crippen LogP contribution >= 0.6 is 0 Å². The van der Waals surface area contributed by atoms with Gasteiger partial charge in [0, 0.05) is 32.9 Å². The van der Waals surface area contributed by atoms with Crippen LogP contribution in [0.25, 0.3) is 88.1 Å². The molecule has 0 amide bonds. The largest absolute Gasteiger partial charge is 0.439 e. The number of aromatic nitrogens is 2. The summed E-state index contributed by atoms with van der Waals surface area (Å²) in [5.74, 6) is 0. The third-order valence-corrected chi connectivity index (χ3v) is 9.30. The van der Waals surface area contributed by atoms with Crippen LogP contribution in [-0.2, 0) is 0 Å². The van der Waals surface area contributed by atoms with Crippen LogP contribution in [0.4, 0.5) is 0 Å². The number of furan rings is 1. The molecule has 45 heavy (non-hydrogen) atoms. The van der Waals surface area contributed by atoms with Gasteiger partial charge in [-0.15, -0.1) is 0 Å². The minimum Gasteiger partial charge on any atom is -0.439 e. The van der Waals surface area contributed by atoms with Crippen molar-refractivity contribution in [2.75, 3.05) is 0 Å². The SMILES string of the molecule is c1ccc(-n2c3cc(-c4ccc5cc(-n6c7ccccc7c7ccccc76)ccc5c4)ccc3c3c4ccccc4oc32)cc1. The first-order valence-electron chi connectivity index (χ1n) is 15.4. The molecule has 7 aromatic carbocycles. The molecule has 0 spiro atoms. The van der Waals surface area contributed by atoms with Crippen molar-refractivity contribution >= 4 is 65.6 Å². The summed E-state index contributed by atoms with van der Waals surface area (Å²) in [6.45, 7) is 0.